The molecule has 2 aromatic heterocycles. The Morgan fingerprint density at radius 1 is 0.684 bits per heavy atom. The van der Waals surface area contributed by atoms with Crippen LogP contribution in [0.4, 0.5) is 0 Å². The molecule has 0 N–H and O–H groups in total. The van der Waals surface area contributed by atoms with Gasteiger partial charge in [-0.3, -0.25) is 0 Å². The predicted molar refractivity (Wildman–Crippen MR) is 172 cm³/mol. The molecule has 0 aliphatic heterocycles. The van der Waals surface area contributed by atoms with Crippen molar-refractivity contribution in [3.63, 3.8) is 0 Å². The van der Waals surface area contributed by atoms with Crippen molar-refractivity contribution in [1.29, 1.82) is 0 Å². The van der Waals surface area contributed by atoms with Gasteiger partial charge in [0, 0.05) is 0 Å². The minimum atomic E-state index is -4.65. The van der Waals surface area contributed by atoms with E-state index >= 15 is 0 Å². The summed E-state index contributed by atoms with van der Waals surface area (Å²) in [6.45, 7) is 9.45. The van der Waals surface area contributed by atoms with Crippen molar-refractivity contribution in [3.8, 4) is 20.9 Å². The fourth-order valence-electron chi connectivity index (χ4n) is 6.97. The molecule has 0 saturated carbocycles. The van der Waals surface area contributed by atoms with Gasteiger partial charge in [0.05, 0.1) is 0 Å². The van der Waals surface area contributed by atoms with E-state index in [4.69, 9.17) is 17.0 Å². The zero-order chi connectivity index (χ0) is 26.7. The summed E-state index contributed by atoms with van der Waals surface area (Å²) in [5.41, 5.74) is 11.0. The molecule has 0 saturated heterocycles. The number of halogens is 2. The fraction of sp³-hybridized carbons (Fsp3) is 0.250. The van der Waals surface area contributed by atoms with Crippen LogP contribution >= 0.6 is 39.7 Å². The maximum atomic E-state index is 8.46. The third-order valence-corrected chi connectivity index (χ3v) is 62.6. The number of hydrogen-bond donors (Lipinski definition) is 0. The van der Waals surface area contributed by atoms with Gasteiger partial charge in [-0.25, -0.2) is 0 Å². The maximum absolute atomic E-state index is 8.46. The molecule has 0 spiro atoms. The van der Waals surface area contributed by atoms with Crippen LogP contribution in [-0.4, -0.2) is 5.92 Å². The Kier molecular flexibility index (Phi) is 7.24. The molecular formula is C32H33Cl2S2SiZr. The molecule has 0 nitrogen and oxygen atoms in total. The second-order valence-corrected chi connectivity index (χ2v) is 55.4. The first-order chi connectivity index (χ1) is 18.3. The van der Waals surface area contributed by atoms with Crippen LogP contribution in [0.2, 0.25) is 13.1 Å². The zero-order valence-corrected chi connectivity index (χ0v) is 29.1. The van der Waals surface area contributed by atoms with Crippen molar-refractivity contribution < 1.29 is 15.6 Å². The molecule has 0 radical (unpaired) electrons. The van der Waals surface area contributed by atoms with Gasteiger partial charge in [-0.05, 0) is 0 Å². The van der Waals surface area contributed by atoms with Gasteiger partial charge in [-0.2, -0.15) is 0 Å². The van der Waals surface area contributed by atoms with Gasteiger partial charge < -0.3 is 0 Å². The predicted octanol–water partition coefficient (Wildman–Crippen LogP) is 11.5. The Morgan fingerprint density at radius 2 is 1.13 bits per heavy atom. The van der Waals surface area contributed by atoms with E-state index in [-0.39, 0.29) is 7.25 Å². The van der Waals surface area contributed by atoms with Crippen molar-refractivity contribution in [1.82, 2.24) is 0 Å². The van der Waals surface area contributed by atoms with Gasteiger partial charge >= 0.3 is 246 Å². The number of hydrogen-bond acceptors (Lipinski definition) is 2. The number of rotatable bonds is 7. The summed E-state index contributed by atoms with van der Waals surface area (Å²) in [5.74, 6) is -1.53. The summed E-state index contributed by atoms with van der Waals surface area (Å²) in [6, 6.07) is 22.4. The van der Waals surface area contributed by atoms with E-state index in [9.17, 15) is 0 Å². The van der Waals surface area contributed by atoms with Crippen LogP contribution in [0.3, 0.4) is 0 Å². The van der Waals surface area contributed by atoms with Crippen molar-refractivity contribution in [2.45, 2.75) is 47.0 Å². The second kappa shape index (κ2) is 10.1. The normalized spacial score (nSPS) is 19.6. The monoisotopic (exact) mass is 669 g/mol. The van der Waals surface area contributed by atoms with Crippen molar-refractivity contribution in [2.24, 2.45) is 0 Å². The molecule has 2 unspecified atom stereocenters. The topological polar surface area (TPSA) is 0 Å². The van der Waals surface area contributed by atoms with E-state index in [1.54, 1.807) is 0 Å². The molecular weight excluding hydrogens is 639 g/mol. The van der Waals surface area contributed by atoms with E-state index in [2.05, 4.69) is 111 Å². The Bertz CT molecular complexity index is 1450. The molecule has 2 aliphatic rings. The average molecular weight is 672 g/mol. The molecule has 195 valence electrons. The summed E-state index contributed by atoms with van der Waals surface area (Å²) >= 11 is -1.04. The molecule has 2 aliphatic carbocycles. The fourth-order valence-corrected chi connectivity index (χ4v) is 40.3. The molecule has 0 bridgehead atoms. The summed E-state index contributed by atoms with van der Waals surface area (Å²) in [6.07, 6.45) is 6.87. The first kappa shape index (κ1) is 27.2. The number of benzene rings is 2. The first-order valence-corrected chi connectivity index (χ1v) is 31.7. The van der Waals surface area contributed by atoms with Gasteiger partial charge in [0.25, 0.3) is 0 Å². The van der Waals surface area contributed by atoms with Gasteiger partial charge in [0.2, 0.25) is 0 Å². The Hall–Kier alpha value is -1.00. The van der Waals surface area contributed by atoms with Crippen LogP contribution in [0.15, 0.2) is 82.6 Å². The summed E-state index contributed by atoms with van der Waals surface area (Å²) in [7, 11) is 16.9. The standard InChI is InChI=1S/2C15H13S.C2H7Si.2ClH.Zr/c2*1-2-11-9-12-5-3-6-13(14(12)10-11)15-7-4-8-16-15;1-3-2;;;/h2*3-10H,2H2,1H3;3H,1-2H3;2*1H;/q;;;;;+2/p-2. The third-order valence-electron chi connectivity index (χ3n) is 8.90. The third kappa shape index (κ3) is 3.97. The number of fused-ring (bicyclic) bond motifs is 2. The number of allylic oxidation sites excluding steroid dienone is 2. The summed E-state index contributed by atoms with van der Waals surface area (Å²) in [5, 5.41) is 4.33. The van der Waals surface area contributed by atoms with Crippen molar-refractivity contribution in [2.75, 3.05) is 0 Å². The molecule has 0 fully saturated rings. The van der Waals surface area contributed by atoms with Gasteiger partial charge in [0.15, 0.2) is 0 Å². The Morgan fingerprint density at radius 3 is 1.47 bits per heavy atom. The number of thiophene rings is 2. The molecule has 6 heteroatoms. The SMILES string of the molecule is CCC1=Cc2c(-c3cccs3)cccc2[CH]1[Zr]([Cl])([Cl])([CH]1C(CC)=Cc2c(-c3cccs3)cccc21)[SiH](C)C. The van der Waals surface area contributed by atoms with Crippen LogP contribution in [0.25, 0.3) is 33.0 Å². The van der Waals surface area contributed by atoms with Crippen LogP contribution in [-0.2, 0) is 15.6 Å². The quantitative estimate of drug-likeness (QED) is 0.172. The van der Waals surface area contributed by atoms with E-state index in [1.807, 2.05) is 22.7 Å². The molecule has 4 aromatic rings. The Labute approximate surface area is 243 Å². The van der Waals surface area contributed by atoms with Crippen molar-refractivity contribution in [3.05, 3.63) is 105 Å². The summed E-state index contributed by atoms with van der Waals surface area (Å²) < 4.78 is 0.310. The van der Waals surface area contributed by atoms with Gasteiger partial charge in [0.1, 0.15) is 0 Å². The minimum absolute atomic E-state index is 0.155. The molecule has 38 heavy (non-hydrogen) atoms. The van der Waals surface area contributed by atoms with Crippen LogP contribution in [0.1, 0.15) is 56.2 Å². The summed E-state index contributed by atoms with van der Waals surface area (Å²) in [4.78, 5) is 2.63. The molecule has 0 amide bonds. The molecule has 2 atom stereocenters. The molecule has 2 heterocycles. The van der Waals surface area contributed by atoms with Crippen LogP contribution < -0.4 is 0 Å². The van der Waals surface area contributed by atoms with E-state index in [1.165, 1.54) is 54.3 Å². The van der Waals surface area contributed by atoms with Gasteiger partial charge in [-0.1, -0.05) is 0 Å². The second-order valence-electron chi connectivity index (χ2n) is 11.0. The first-order valence-electron chi connectivity index (χ1n) is 13.6. The van der Waals surface area contributed by atoms with E-state index in [0.29, 0.717) is 0 Å². The van der Waals surface area contributed by atoms with Crippen LogP contribution in [0, 0.1) is 0 Å². The Balaban J connectivity index is 1.60. The van der Waals surface area contributed by atoms with Crippen LogP contribution in [0.5, 0.6) is 0 Å². The van der Waals surface area contributed by atoms with Gasteiger partial charge in [-0.15, -0.1) is 0 Å². The van der Waals surface area contributed by atoms with Crippen molar-refractivity contribution >= 4 is 57.8 Å². The van der Waals surface area contributed by atoms with E-state index < -0.39 is 21.5 Å². The molecule has 6 rings (SSSR count). The molecule has 2 aromatic carbocycles. The zero-order valence-electron chi connectivity index (χ0n) is 22.3. The average Bonchev–Trinajstić information content (AvgIpc) is 3.72. The van der Waals surface area contributed by atoms with E-state index in [0.717, 1.165) is 12.8 Å².